The maximum absolute atomic E-state index is 12.2. The average Bonchev–Trinajstić information content (AvgIpc) is 2.78. The lowest BCUT2D eigenvalue weighted by Crippen LogP contribution is -2.06. The summed E-state index contributed by atoms with van der Waals surface area (Å²) in [4.78, 5) is 24.3. The van der Waals surface area contributed by atoms with E-state index in [4.69, 9.17) is 18.9 Å². The number of hydrogen-bond donors (Lipinski definition) is 0. The fourth-order valence-electron chi connectivity index (χ4n) is 2.91. The van der Waals surface area contributed by atoms with E-state index in [0.29, 0.717) is 34.1 Å². The van der Waals surface area contributed by atoms with Gasteiger partial charge in [-0.2, -0.15) is 0 Å². The highest BCUT2D eigenvalue weighted by Gasteiger charge is 2.19. The Kier molecular flexibility index (Phi) is 7.06. The molecule has 0 saturated heterocycles. The molecule has 0 heterocycles. The van der Waals surface area contributed by atoms with Crippen LogP contribution in [0.5, 0.6) is 23.0 Å². The molecule has 0 amide bonds. The molecule has 0 fully saturated rings. The van der Waals surface area contributed by atoms with E-state index in [-0.39, 0.29) is 11.4 Å². The molecule has 0 unspecified atom stereocenters. The summed E-state index contributed by atoms with van der Waals surface area (Å²) in [5, 5.41) is 0. The number of carbonyl (C=O) groups is 2. The monoisotopic (exact) mass is 418 g/mol. The van der Waals surface area contributed by atoms with Crippen molar-refractivity contribution >= 4 is 17.3 Å². The molecule has 0 atom stereocenters. The summed E-state index contributed by atoms with van der Waals surface area (Å²) in [6.45, 7) is 1.47. The smallest absolute Gasteiger partial charge is 0.341 e. The Hall–Kier alpha value is -4.06. The van der Waals surface area contributed by atoms with Gasteiger partial charge in [0.2, 0.25) is 0 Å². The zero-order chi connectivity index (χ0) is 22.2. The lowest BCUT2D eigenvalue weighted by molar-refractivity contribution is -0.133. The summed E-state index contributed by atoms with van der Waals surface area (Å²) < 4.78 is 21.9. The summed E-state index contributed by atoms with van der Waals surface area (Å²) in [7, 11) is 2.74. The number of para-hydroxylation sites is 2. The molecule has 0 radical (unpaired) electrons. The first-order valence-corrected chi connectivity index (χ1v) is 9.50. The highest BCUT2D eigenvalue weighted by Crippen LogP contribution is 2.35. The zero-order valence-corrected chi connectivity index (χ0v) is 17.5. The fraction of sp³-hybridized carbons (Fsp3) is 0.120. The Balaban J connectivity index is 1.98. The predicted molar refractivity (Wildman–Crippen MR) is 116 cm³/mol. The van der Waals surface area contributed by atoms with Gasteiger partial charge in [0, 0.05) is 11.6 Å². The first kappa shape index (κ1) is 21.6. The van der Waals surface area contributed by atoms with Gasteiger partial charge in [-0.25, -0.2) is 4.79 Å². The van der Waals surface area contributed by atoms with Gasteiger partial charge in [-0.15, -0.1) is 0 Å². The predicted octanol–water partition coefficient (Wildman–Crippen LogP) is 5.63. The van der Waals surface area contributed by atoms with Crippen molar-refractivity contribution in [1.82, 2.24) is 0 Å². The molecule has 0 N–H and O–H groups in total. The quantitative estimate of drug-likeness (QED) is 0.204. The van der Waals surface area contributed by atoms with Gasteiger partial charge in [-0.3, -0.25) is 4.79 Å². The zero-order valence-electron chi connectivity index (χ0n) is 17.5. The molecule has 0 aromatic heterocycles. The lowest BCUT2D eigenvalue weighted by atomic mass is 10.1. The van der Waals surface area contributed by atoms with Crippen LogP contribution in [0.1, 0.15) is 22.8 Å². The third-order valence-electron chi connectivity index (χ3n) is 4.35. The standard InChI is InChI=1S/C25H22O6/c1-17(26)20-14-13-19(15-24(20)30-18-9-5-4-6-10-18)31-23-12-8-7-11-21(23)22(16-28-2)25(27)29-3/h4-16H,1-3H3/b22-16+. The van der Waals surface area contributed by atoms with Gasteiger partial charge in [-0.1, -0.05) is 36.4 Å². The van der Waals surface area contributed by atoms with Gasteiger partial charge in [0.05, 0.1) is 26.0 Å². The molecule has 0 aliphatic heterocycles. The van der Waals surface area contributed by atoms with Crippen LogP contribution in [0.4, 0.5) is 0 Å². The van der Waals surface area contributed by atoms with Gasteiger partial charge in [-0.05, 0) is 37.3 Å². The van der Waals surface area contributed by atoms with E-state index >= 15 is 0 Å². The van der Waals surface area contributed by atoms with Gasteiger partial charge in [0.25, 0.3) is 0 Å². The van der Waals surface area contributed by atoms with Crippen LogP contribution < -0.4 is 9.47 Å². The van der Waals surface area contributed by atoms with Crippen LogP contribution in [0, 0.1) is 0 Å². The number of ether oxygens (including phenoxy) is 4. The molecule has 6 heteroatoms. The minimum Gasteiger partial charge on any atom is -0.503 e. The maximum Gasteiger partial charge on any atom is 0.341 e. The highest BCUT2D eigenvalue weighted by atomic mass is 16.5. The fourth-order valence-corrected chi connectivity index (χ4v) is 2.91. The Morgan fingerprint density at radius 2 is 1.42 bits per heavy atom. The van der Waals surface area contributed by atoms with Crippen molar-refractivity contribution in [2.75, 3.05) is 14.2 Å². The van der Waals surface area contributed by atoms with E-state index in [0.717, 1.165) is 0 Å². The van der Waals surface area contributed by atoms with Crippen LogP contribution in [-0.4, -0.2) is 26.0 Å². The highest BCUT2D eigenvalue weighted by molar-refractivity contribution is 6.17. The van der Waals surface area contributed by atoms with E-state index in [2.05, 4.69) is 0 Å². The largest absolute Gasteiger partial charge is 0.503 e. The van der Waals surface area contributed by atoms with Crippen LogP contribution in [0.2, 0.25) is 0 Å². The van der Waals surface area contributed by atoms with E-state index in [1.54, 1.807) is 54.6 Å². The van der Waals surface area contributed by atoms with Crippen LogP contribution in [-0.2, 0) is 14.3 Å². The number of ketones is 1. The molecule has 158 valence electrons. The van der Waals surface area contributed by atoms with Gasteiger partial charge < -0.3 is 18.9 Å². The number of benzene rings is 3. The molecule has 0 saturated carbocycles. The summed E-state index contributed by atoms with van der Waals surface area (Å²) in [6, 6.07) is 21.1. The number of hydrogen-bond acceptors (Lipinski definition) is 6. The normalized spacial score (nSPS) is 10.9. The van der Waals surface area contributed by atoms with Crippen LogP contribution >= 0.6 is 0 Å². The first-order valence-electron chi connectivity index (χ1n) is 9.50. The molecule has 3 aromatic rings. The maximum atomic E-state index is 12.2. The molecule has 3 rings (SSSR count). The summed E-state index contributed by atoms with van der Waals surface area (Å²) in [5.74, 6) is 1.13. The Labute approximate surface area is 180 Å². The number of carbonyl (C=O) groups excluding carboxylic acids is 2. The Morgan fingerprint density at radius 1 is 0.742 bits per heavy atom. The summed E-state index contributed by atoms with van der Waals surface area (Å²) >= 11 is 0. The van der Waals surface area contributed by atoms with E-state index < -0.39 is 5.97 Å². The molecule has 0 spiro atoms. The Morgan fingerprint density at radius 3 is 2.10 bits per heavy atom. The summed E-state index contributed by atoms with van der Waals surface area (Å²) in [6.07, 6.45) is 1.30. The minimum atomic E-state index is -0.557. The third kappa shape index (κ3) is 5.30. The van der Waals surface area contributed by atoms with Crippen molar-refractivity contribution in [3.05, 3.63) is 90.2 Å². The van der Waals surface area contributed by atoms with Crippen molar-refractivity contribution in [1.29, 1.82) is 0 Å². The minimum absolute atomic E-state index is 0.131. The van der Waals surface area contributed by atoms with Crippen molar-refractivity contribution in [2.45, 2.75) is 6.92 Å². The van der Waals surface area contributed by atoms with E-state index in [9.17, 15) is 9.59 Å². The molecule has 0 bridgehead atoms. The van der Waals surface area contributed by atoms with Gasteiger partial charge in [0.15, 0.2) is 5.78 Å². The van der Waals surface area contributed by atoms with Crippen LogP contribution in [0.15, 0.2) is 79.1 Å². The Bertz CT molecular complexity index is 1100. The molecule has 31 heavy (non-hydrogen) atoms. The van der Waals surface area contributed by atoms with Gasteiger partial charge in [0.1, 0.15) is 28.6 Å². The van der Waals surface area contributed by atoms with Crippen molar-refractivity contribution in [3.8, 4) is 23.0 Å². The SMILES string of the molecule is CO/C=C(/C(=O)OC)c1ccccc1Oc1ccc(C(C)=O)c(Oc2ccccc2)c1. The van der Waals surface area contributed by atoms with Crippen molar-refractivity contribution < 1.29 is 28.5 Å². The number of methoxy groups -OCH3 is 2. The van der Waals surface area contributed by atoms with E-state index in [1.807, 2.05) is 18.2 Å². The van der Waals surface area contributed by atoms with Gasteiger partial charge >= 0.3 is 5.97 Å². The molecule has 6 nitrogen and oxygen atoms in total. The van der Waals surface area contributed by atoms with E-state index in [1.165, 1.54) is 27.4 Å². The molecule has 3 aromatic carbocycles. The van der Waals surface area contributed by atoms with Crippen molar-refractivity contribution in [3.63, 3.8) is 0 Å². The number of rotatable bonds is 8. The first-order chi connectivity index (χ1) is 15.0. The second kappa shape index (κ2) is 10.1. The van der Waals surface area contributed by atoms with Crippen LogP contribution in [0.25, 0.3) is 5.57 Å². The van der Waals surface area contributed by atoms with Crippen molar-refractivity contribution in [2.24, 2.45) is 0 Å². The second-order valence-electron chi connectivity index (χ2n) is 6.49. The van der Waals surface area contributed by atoms with Crippen LogP contribution in [0.3, 0.4) is 0 Å². The number of esters is 1. The second-order valence-corrected chi connectivity index (χ2v) is 6.49. The molecular weight excluding hydrogens is 396 g/mol. The average molecular weight is 418 g/mol. The lowest BCUT2D eigenvalue weighted by Gasteiger charge is -2.15. The topological polar surface area (TPSA) is 71.1 Å². The molecule has 0 aliphatic carbocycles. The molecular formula is C25H22O6. The number of Topliss-reactive ketones (excluding diaryl/α,β-unsaturated/α-hetero) is 1. The summed E-state index contributed by atoms with van der Waals surface area (Å²) in [5.41, 5.74) is 1.14. The third-order valence-corrected chi connectivity index (χ3v) is 4.35. The molecule has 0 aliphatic rings.